The Morgan fingerprint density at radius 2 is 2.04 bits per heavy atom. The van der Waals surface area contributed by atoms with Crippen molar-refractivity contribution in [3.8, 4) is 0 Å². The molecule has 0 aromatic heterocycles. The third-order valence-corrected chi connectivity index (χ3v) is 3.77. The van der Waals surface area contributed by atoms with E-state index in [-0.39, 0.29) is 18.4 Å². The molecular weight excluding hydrogens is 300 g/mol. The lowest BCUT2D eigenvalue weighted by molar-refractivity contribution is -0.148. The first-order valence-corrected chi connectivity index (χ1v) is 7.41. The summed E-state index contributed by atoms with van der Waals surface area (Å²) in [6.45, 7) is 1.22. The van der Waals surface area contributed by atoms with Gasteiger partial charge in [-0.05, 0) is 24.1 Å². The van der Waals surface area contributed by atoms with Crippen molar-refractivity contribution < 1.29 is 24.2 Å². The maximum atomic E-state index is 12.0. The van der Waals surface area contributed by atoms with Crippen LogP contribution in [0, 0.1) is 0 Å². The number of ether oxygens (including phenoxy) is 1. The molecule has 1 saturated heterocycles. The summed E-state index contributed by atoms with van der Waals surface area (Å²) in [5.41, 5.74) is 1.39. The van der Waals surface area contributed by atoms with Crippen LogP contribution in [0.4, 0.5) is 0 Å². The van der Waals surface area contributed by atoms with Crippen LogP contribution in [0.5, 0.6) is 0 Å². The van der Waals surface area contributed by atoms with Crippen LogP contribution in [-0.4, -0.2) is 54.1 Å². The highest BCUT2D eigenvalue weighted by Crippen LogP contribution is 2.14. The highest BCUT2D eigenvalue weighted by molar-refractivity contribution is 5.94. The van der Waals surface area contributed by atoms with Crippen LogP contribution >= 0.6 is 0 Å². The second-order valence-corrected chi connectivity index (χ2v) is 5.39. The van der Waals surface area contributed by atoms with E-state index in [0.29, 0.717) is 18.5 Å². The molecule has 0 bridgehead atoms. The minimum atomic E-state index is -1.13. The van der Waals surface area contributed by atoms with E-state index < -0.39 is 12.1 Å². The standard InChI is InChI=1S/C16H20N2O5/c1-23-13(16(21)22)9-17-15(20)12-6-4-11(5-7-12)10-18-8-2-3-14(18)19/h4-7,13H,2-3,8-10H2,1H3,(H,17,20)(H,21,22). The summed E-state index contributed by atoms with van der Waals surface area (Å²) in [6.07, 6.45) is 0.424. The number of carboxylic acids is 1. The van der Waals surface area contributed by atoms with Crippen LogP contribution in [0.2, 0.25) is 0 Å². The number of aliphatic carboxylic acids is 1. The molecule has 124 valence electrons. The average Bonchev–Trinajstić information content (AvgIpc) is 2.93. The van der Waals surface area contributed by atoms with Crippen LogP contribution in [0.25, 0.3) is 0 Å². The summed E-state index contributed by atoms with van der Waals surface area (Å²) in [5, 5.41) is 11.4. The van der Waals surface area contributed by atoms with Crippen LogP contribution in [0.1, 0.15) is 28.8 Å². The van der Waals surface area contributed by atoms with Crippen molar-refractivity contribution >= 4 is 17.8 Å². The van der Waals surface area contributed by atoms with Gasteiger partial charge in [0.05, 0.1) is 6.54 Å². The molecule has 1 atom stereocenters. The van der Waals surface area contributed by atoms with Crippen LogP contribution in [0.15, 0.2) is 24.3 Å². The minimum Gasteiger partial charge on any atom is -0.479 e. The van der Waals surface area contributed by atoms with Gasteiger partial charge < -0.3 is 20.1 Å². The second kappa shape index (κ2) is 7.73. The number of benzene rings is 1. The highest BCUT2D eigenvalue weighted by atomic mass is 16.5. The number of hydrogen-bond donors (Lipinski definition) is 2. The summed E-state index contributed by atoms with van der Waals surface area (Å²) in [5.74, 6) is -1.33. The lowest BCUT2D eigenvalue weighted by Crippen LogP contribution is -2.37. The predicted molar refractivity (Wildman–Crippen MR) is 81.9 cm³/mol. The van der Waals surface area contributed by atoms with E-state index in [9.17, 15) is 14.4 Å². The zero-order valence-electron chi connectivity index (χ0n) is 12.9. The predicted octanol–water partition coefficient (Wildman–Crippen LogP) is 0.638. The number of rotatable bonds is 7. The van der Waals surface area contributed by atoms with Gasteiger partial charge in [-0.15, -0.1) is 0 Å². The Morgan fingerprint density at radius 1 is 1.35 bits per heavy atom. The molecule has 23 heavy (non-hydrogen) atoms. The molecule has 1 aromatic rings. The number of nitrogens with zero attached hydrogens (tertiary/aromatic N) is 1. The molecule has 1 heterocycles. The number of likely N-dealkylation sites (tertiary alicyclic amines) is 1. The number of nitrogens with one attached hydrogen (secondary N) is 1. The molecule has 1 fully saturated rings. The molecule has 0 aliphatic carbocycles. The zero-order chi connectivity index (χ0) is 16.8. The molecule has 2 amide bonds. The first-order valence-electron chi connectivity index (χ1n) is 7.41. The summed E-state index contributed by atoms with van der Waals surface area (Å²) in [7, 11) is 1.28. The van der Waals surface area contributed by atoms with Gasteiger partial charge in [-0.1, -0.05) is 12.1 Å². The van der Waals surface area contributed by atoms with E-state index in [1.165, 1.54) is 7.11 Å². The summed E-state index contributed by atoms with van der Waals surface area (Å²) in [4.78, 5) is 36.2. The van der Waals surface area contributed by atoms with Gasteiger partial charge in [0.15, 0.2) is 6.10 Å². The topological polar surface area (TPSA) is 95.9 Å². The lowest BCUT2D eigenvalue weighted by atomic mass is 10.1. The molecular formula is C16H20N2O5. The largest absolute Gasteiger partial charge is 0.479 e. The van der Waals surface area contributed by atoms with Gasteiger partial charge in [0, 0.05) is 32.2 Å². The summed E-state index contributed by atoms with van der Waals surface area (Å²) >= 11 is 0. The number of amides is 2. The fraction of sp³-hybridized carbons (Fsp3) is 0.438. The third-order valence-electron chi connectivity index (χ3n) is 3.77. The van der Waals surface area contributed by atoms with Crippen molar-refractivity contribution in [1.29, 1.82) is 0 Å². The van der Waals surface area contributed by atoms with Gasteiger partial charge in [-0.3, -0.25) is 9.59 Å². The SMILES string of the molecule is COC(CNC(=O)c1ccc(CN2CCCC2=O)cc1)C(=O)O. The molecule has 1 aliphatic heterocycles. The van der Waals surface area contributed by atoms with Gasteiger partial charge in [0.2, 0.25) is 5.91 Å². The van der Waals surface area contributed by atoms with E-state index in [0.717, 1.165) is 18.5 Å². The monoisotopic (exact) mass is 320 g/mol. The van der Waals surface area contributed by atoms with Crippen LogP contribution < -0.4 is 5.32 Å². The van der Waals surface area contributed by atoms with Crippen molar-refractivity contribution in [3.05, 3.63) is 35.4 Å². The zero-order valence-corrected chi connectivity index (χ0v) is 12.9. The third kappa shape index (κ3) is 4.53. The first-order chi connectivity index (χ1) is 11.0. The van der Waals surface area contributed by atoms with Gasteiger partial charge in [0.1, 0.15) is 0 Å². The van der Waals surface area contributed by atoms with Gasteiger partial charge in [-0.2, -0.15) is 0 Å². The number of carbonyl (C=O) groups excluding carboxylic acids is 2. The first kappa shape index (κ1) is 17.0. The van der Waals surface area contributed by atoms with Crippen molar-refractivity contribution in [2.45, 2.75) is 25.5 Å². The number of methoxy groups -OCH3 is 1. The van der Waals surface area contributed by atoms with Crippen LogP contribution in [-0.2, 0) is 20.9 Å². The van der Waals surface area contributed by atoms with Crippen LogP contribution in [0.3, 0.4) is 0 Å². The molecule has 0 saturated carbocycles. The van der Waals surface area contributed by atoms with E-state index in [2.05, 4.69) is 5.32 Å². The molecule has 7 nitrogen and oxygen atoms in total. The smallest absolute Gasteiger partial charge is 0.334 e. The Balaban J connectivity index is 1.89. The molecule has 2 rings (SSSR count). The van der Waals surface area contributed by atoms with Crippen molar-refractivity contribution in [3.63, 3.8) is 0 Å². The number of hydrogen-bond acceptors (Lipinski definition) is 4. The van der Waals surface area contributed by atoms with Crippen molar-refractivity contribution in [2.75, 3.05) is 20.2 Å². The van der Waals surface area contributed by atoms with Crippen molar-refractivity contribution in [2.24, 2.45) is 0 Å². The molecule has 1 unspecified atom stereocenters. The fourth-order valence-corrected chi connectivity index (χ4v) is 2.41. The van der Waals surface area contributed by atoms with Gasteiger partial charge in [0.25, 0.3) is 5.91 Å². The van der Waals surface area contributed by atoms with E-state index in [1.807, 2.05) is 0 Å². The highest BCUT2D eigenvalue weighted by Gasteiger charge is 2.20. The Labute approximate surface area is 134 Å². The molecule has 7 heteroatoms. The Bertz CT molecular complexity index is 585. The fourth-order valence-electron chi connectivity index (χ4n) is 2.41. The molecule has 0 spiro atoms. The van der Waals surface area contributed by atoms with E-state index in [1.54, 1.807) is 29.2 Å². The average molecular weight is 320 g/mol. The van der Waals surface area contributed by atoms with Gasteiger partial charge >= 0.3 is 5.97 Å². The minimum absolute atomic E-state index is 0.102. The molecule has 1 aromatic carbocycles. The van der Waals surface area contributed by atoms with E-state index >= 15 is 0 Å². The number of carboxylic acid groups (broad SMARTS) is 1. The van der Waals surface area contributed by atoms with E-state index in [4.69, 9.17) is 9.84 Å². The Kier molecular flexibility index (Phi) is 5.70. The lowest BCUT2D eigenvalue weighted by Gasteiger charge is -2.15. The molecule has 0 radical (unpaired) electrons. The summed E-state index contributed by atoms with van der Waals surface area (Å²) < 4.78 is 4.75. The van der Waals surface area contributed by atoms with Gasteiger partial charge in [-0.25, -0.2) is 4.79 Å². The maximum absolute atomic E-state index is 12.0. The summed E-state index contributed by atoms with van der Waals surface area (Å²) in [6, 6.07) is 6.92. The molecule has 1 aliphatic rings. The second-order valence-electron chi connectivity index (χ2n) is 5.39. The van der Waals surface area contributed by atoms with Crippen molar-refractivity contribution in [1.82, 2.24) is 10.2 Å². The molecule has 2 N–H and O–H groups in total. The maximum Gasteiger partial charge on any atom is 0.334 e. The Hall–Kier alpha value is -2.41. The Morgan fingerprint density at radius 3 is 2.57 bits per heavy atom. The quantitative estimate of drug-likeness (QED) is 0.768. The number of carbonyl (C=O) groups is 3. The normalized spacial score (nSPS) is 15.5.